The van der Waals surface area contributed by atoms with Crippen LogP contribution in [0, 0.1) is 0 Å². The van der Waals surface area contributed by atoms with Gasteiger partial charge in [0, 0.05) is 0 Å². The second kappa shape index (κ2) is 6.00. The van der Waals surface area contributed by atoms with Gasteiger partial charge in [-0.2, -0.15) is 0 Å². The molecule has 0 bridgehead atoms. The molecule has 0 nitrogen and oxygen atoms in total. The van der Waals surface area contributed by atoms with Crippen molar-refractivity contribution >= 4 is 7.92 Å². The molecule has 0 atom stereocenters. The van der Waals surface area contributed by atoms with Gasteiger partial charge in [0.25, 0.3) is 0 Å². The van der Waals surface area contributed by atoms with E-state index in [1.165, 1.54) is 32.1 Å². The van der Waals surface area contributed by atoms with E-state index in [2.05, 4.69) is 6.92 Å². The number of rotatable bonds is 6. The molecule has 11 heavy (non-hydrogen) atoms. The van der Waals surface area contributed by atoms with E-state index in [1.807, 2.05) is 0 Å². The highest BCUT2D eigenvalue weighted by atomic mass is 31.1. The van der Waals surface area contributed by atoms with Crippen LogP contribution < -0.4 is 0 Å². The van der Waals surface area contributed by atoms with E-state index in [0.29, 0.717) is 7.92 Å². The van der Waals surface area contributed by atoms with Crippen LogP contribution in [0.2, 0.25) is 0 Å². The molecule has 1 saturated heterocycles. The fourth-order valence-electron chi connectivity index (χ4n) is 1.54. The van der Waals surface area contributed by atoms with Crippen molar-refractivity contribution in [3.8, 4) is 0 Å². The summed E-state index contributed by atoms with van der Waals surface area (Å²) in [6.07, 6.45) is 13.7. The monoisotopic (exact) mass is 172 g/mol. The lowest BCUT2D eigenvalue weighted by atomic mass is 10.2. The van der Waals surface area contributed by atoms with Crippen molar-refractivity contribution in [3.63, 3.8) is 0 Å². The van der Waals surface area contributed by atoms with Crippen LogP contribution in [0.4, 0.5) is 0 Å². The summed E-state index contributed by atoms with van der Waals surface area (Å²) in [5.41, 5.74) is 0. The van der Waals surface area contributed by atoms with Gasteiger partial charge in [0.15, 0.2) is 0 Å². The molecule has 0 amide bonds. The third kappa shape index (κ3) is 4.11. The Morgan fingerprint density at radius 1 is 1.00 bits per heavy atom. The number of unbranched alkanes of at least 4 members (excludes halogenated alkanes) is 4. The van der Waals surface area contributed by atoms with Crippen LogP contribution in [0.15, 0.2) is 0 Å². The molecule has 0 spiro atoms. The Labute approximate surface area is 72.5 Å². The summed E-state index contributed by atoms with van der Waals surface area (Å²) in [6, 6.07) is 0. The SMILES string of the molecule is CCCCCCCP1CCC1. The average Bonchev–Trinajstić information content (AvgIpc) is 1.93. The Morgan fingerprint density at radius 2 is 1.73 bits per heavy atom. The largest absolute Gasteiger partial charge is 0.107 e. The first kappa shape index (κ1) is 9.52. The normalized spacial score (nSPS) is 18.3. The summed E-state index contributed by atoms with van der Waals surface area (Å²) in [4.78, 5) is 0. The fraction of sp³-hybridized carbons (Fsp3) is 1.00. The molecule has 0 aromatic carbocycles. The van der Waals surface area contributed by atoms with Gasteiger partial charge < -0.3 is 0 Å². The Bertz CT molecular complexity index is 86.9. The second-order valence-corrected chi connectivity index (χ2v) is 6.29. The Morgan fingerprint density at radius 3 is 2.27 bits per heavy atom. The van der Waals surface area contributed by atoms with Crippen LogP contribution in [0.3, 0.4) is 0 Å². The van der Waals surface area contributed by atoms with E-state index in [1.54, 1.807) is 24.9 Å². The van der Waals surface area contributed by atoms with Crippen molar-refractivity contribution in [1.82, 2.24) is 0 Å². The summed E-state index contributed by atoms with van der Waals surface area (Å²) in [6.45, 7) is 2.29. The lowest BCUT2D eigenvalue weighted by molar-refractivity contribution is 0.657. The van der Waals surface area contributed by atoms with Crippen LogP contribution in [0.25, 0.3) is 0 Å². The molecule has 0 aromatic rings. The van der Waals surface area contributed by atoms with Crippen molar-refractivity contribution in [2.45, 2.75) is 45.4 Å². The molecule has 1 aliphatic rings. The maximum absolute atomic E-state index is 2.29. The molecule has 0 radical (unpaired) electrons. The first-order valence-electron chi connectivity index (χ1n) is 5.16. The first-order valence-corrected chi connectivity index (χ1v) is 7.05. The zero-order chi connectivity index (χ0) is 7.94. The maximum atomic E-state index is 2.29. The first-order chi connectivity index (χ1) is 5.43. The molecule has 0 N–H and O–H groups in total. The molecule has 66 valence electrons. The molecule has 0 aliphatic carbocycles. The van der Waals surface area contributed by atoms with E-state index >= 15 is 0 Å². The molecule has 0 saturated carbocycles. The van der Waals surface area contributed by atoms with Crippen LogP contribution in [0.1, 0.15) is 45.4 Å². The molecule has 1 rings (SSSR count). The van der Waals surface area contributed by atoms with Crippen molar-refractivity contribution in [1.29, 1.82) is 0 Å². The third-order valence-corrected chi connectivity index (χ3v) is 5.37. The summed E-state index contributed by atoms with van der Waals surface area (Å²) >= 11 is 0. The Kier molecular flexibility index (Phi) is 5.19. The van der Waals surface area contributed by atoms with E-state index in [-0.39, 0.29) is 0 Å². The molecule has 0 aromatic heterocycles. The standard InChI is InChI=1S/C10H21P/c1-2-3-4-5-6-8-11-9-7-10-11/h2-10H2,1H3. The van der Waals surface area contributed by atoms with Crippen LogP contribution in [0.5, 0.6) is 0 Å². The van der Waals surface area contributed by atoms with E-state index < -0.39 is 0 Å². The van der Waals surface area contributed by atoms with Crippen molar-refractivity contribution in [2.75, 3.05) is 18.5 Å². The number of hydrogen-bond donors (Lipinski definition) is 0. The number of hydrogen-bond acceptors (Lipinski definition) is 0. The second-order valence-electron chi connectivity index (χ2n) is 3.61. The zero-order valence-corrected chi connectivity index (χ0v) is 8.71. The van der Waals surface area contributed by atoms with Crippen molar-refractivity contribution in [2.24, 2.45) is 0 Å². The van der Waals surface area contributed by atoms with Crippen LogP contribution in [-0.2, 0) is 0 Å². The lowest BCUT2D eigenvalue weighted by Crippen LogP contribution is -2.06. The van der Waals surface area contributed by atoms with Gasteiger partial charge in [-0.15, -0.1) is 7.92 Å². The van der Waals surface area contributed by atoms with Crippen LogP contribution >= 0.6 is 7.92 Å². The zero-order valence-electron chi connectivity index (χ0n) is 7.81. The maximum Gasteiger partial charge on any atom is -0.0323 e. The molecule has 1 heteroatoms. The summed E-state index contributed by atoms with van der Waals surface area (Å²) in [5, 5.41) is 0. The minimum Gasteiger partial charge on any atom is -0.107 e. The van der Waals surface area contributed by atoms with E-state index in [0.717, 1.165) is 0 Å². The minimum absolute atomic E-state index is 0.581. The minimum atomic E-state index is 0.581. The quantitative estimate of drug-likeness (QED) is 0.422. The molecular formula is C10H21P. The third-order valence-electron chi connectivity index (χ3n) is 2.53. The topological polar surface area (TPSA) is 0 Å². The highest BCUT2D eigenvalue weighted by molar-refractivity contribution is 7.59. The van der Waals surface area contributed by atoms with E-state index in [4.69, 9.17) is 0 Å². The van der Waals surface area contributed by atoms with Gasteiger partial charge >= 0.3 is 0 Å². The van der Waals surface area contributed by atoms with Gasteiger partial charge in [0.1, 0.15) is 0 Å². The Balaban J connectivity index is 1.73. The summed E-state index contributed by atoms with van der Waals surface area (Å²) < 4.78 is 0. The highest BCUT2D eigenvalue weighted by Gasteiger charge is 2.14. The molecule has 0 unspecified atom stereocenters. The average molecular weight is 172 g/mol. The van der Waals surface area contributed by atoms with Gasteiger partial charge in [0.2, 0.25) is 0 Å². The smallest absolute Gasteiger partial charge is 0.0323 e. The molecule has 1 aliphatic heterocycles. The van der Waals surface area contributed by atoms with Crippen LogP contribution in [-0.4, -0.2) is 18.5 Å². The van der Waals surface area contributed by atoms with Gasteiger partial charge in [-0.3, -0.25) is 0 Å². The fourth-order valence-corrected chi connectivity index (χ4v) is 3.43. The lowest BCUT2D eigenvalue weighted by Gasteiger charge is -2.25. The summed E-state index contributed by atoms with van der Waals surface area (Å²) in [7, 11) is 0.581. The molecule has 1 heterocycles. The van der Waals surface area contributed by atoms with Crippen molar-refractivity contribution < 1.29 is 0 Å². The Hall–Kier alpha value is 0.430. The van der Waals surface area contributed by atoms with Gasteiger partial charge in [-0.05, 0) is 31.3 Å². The highest BCUT2D eigenvalue weighted by Crippen LogP contribution is 2.46. The predicted molar refractivity (Wildman–Crippen MR) is 54.9 cm³/mol. The van der Waals surface area contributed by atoms with Gasteiger partial charge in [-0.1, -0.05) is 32.6 Å². The summed E-state index contributed by atoms with van der Waals surface area (Å²) in [5.74, 6) is 0. The van der Waals surface area contributed by atoms with Gasteiger partial charge in [-0.25, -0.2) is 0 Å². The molecule has 1 fully saturated rings. The van der Waals surface area contributed by atoms with E-state index in [9.17, 15) is 0 Å². The van der Waals surface area contributed by atoms with Gasteiger partial charge in [0.05, 0.1) is 0 Å². The van der Waals surface area contributed by atoms with Crippen molar-refractivity contribution in [3.05, 3.63) is 0 Å². The molecular weight excluding hydrogens is 151 g/mol. The predicted octanol–water partition coefficient (Wildman–Crippen LogP) is 3.84.